The Bertz CT molecular complexity index is 479. The summed E-state index contributed by atoms with van der Waals surface area (Å²) in [5.74, 6) is 0.573. The molecule has 2 rings (SSSR count). The van der Waals surface area contributed by atoms with E-state index in [1.165, 1.54) is 0 Å². The first-order valence-electron chi connectivity index (χ1n) is 6.26. The summed E-state index contributed by atoms with van der Waals surface area (Å²) in [4.78, 5) is 4.18. The van der Waals surface area contributed by atoms with E-state index in [0.717, 1.165) is 13.0 Å². The molecule has 1 aliphatic carbocycles. The first-order valence-corrected chi connectivity index (χ1v) is 7.39. The van der Waals surface area contributed by atoms with E-state index in [2.05, 4.69) is 24.1 Å². The van der Waals surface area contributed by atoms with Gasteiger partial charge in [-0.15, -0.1) is 0 Å². The maximum atomic E-state index is 6.12. The fraction of sp³-hybridized carbons (Fsp3) is 0.615. The lowest BCUT2D eigenvalue weighted by Gasteiger charge is -2.51. The Labute approximate surface area is 128 Å². The van der Waals surface area contributed by atoms with Crippen molar-refractivity contribution in [1.82, 2.24) is 4.98 Å². The predicted molar refractivity (Wildman–Crippen MR) is 80.5 cm³/mol. The minimum absolute atomic E-state index is 0.0349. The molecule has 1 aromatic heterocycles. The molecular weight excluding hydrogens is 307 g/mol. The number of ether oxygens (including phenoxy) is 1. The Morgan fingerprint density at radius 3 is 2.63 bits per heavy atom. The number of nitrogens with zero attached hydrogens (tertiary/aromatic N) is 1. The van der Waals surface area contributed by atoms with Crippen molar-refractivity contribution in [2.24, 2.45) is 5.41 Å². The average Bonchev–Trinajstić information content (AvgIpc) is 2.34. The van der Waals surface area contributed by atoms with Crippen LogP contribution in [0.4, 0.5) is 5.82 Å². The summed E-state index contributed by atoms with van der Waals surface area (Å²) in [6, 6.07) is 1.86. The highest BCUT2D eigenvalue weighted by atomic mass is 35.5. The van der Waals surface area contributed by atoms with Gasteiger partial charge in [-0.2, -0.15) is 0 Å². The van der Waals surface area contributed by atoms with Crippen molar-refractivity contribution in [3.8, 4) is 0 Å². The number of anilines is 1. The van der Waals surface area contributed by atoms with Gasteiger partial charge in [0.1, 0.15) is 11.0 Å². The van der Waals surface area contributed by atoms with Gasteiger partial charge in [0, 0.05) is 18.1 Å². The van der Waals surface area contributed by atoms with Gasteiger partial charge in [0.2, 0.25) is 0 Å². The highest BCUT2D eigenvalue weighted by Crippen LogP contribution is 2.45. The molecular formula is C13H17Cl3N2O. The van der Waals surface area contributed by atoms with Crippen LogP contribution in [0.1, 0.15) is 27.2 Å². The predicted octanol–water partition coefficient (Wildman–Crippen LogP) is 4.66. The maximum absolute atomic E-state index is 6.12. The molecule has 1 aliphatic rings. The Morgan fingerprint density at radius 1 is 1.37 bits per heavy atom. The van der Waals surface area contributed by atoms with Crippen LogP contribution in [0, 0.1) is 5.41 Å². The van der Waals surface area contributed by atoms with Gasteiger partial charge in [-0.25, -0.2) is 4.98 Å². The highest BCUT2D eigenvalue weighted by molar-refractivity contribution is 6.42. The molecule has 0 aromatic carbocycles. The second-order valence-electron chi connectivity index (χ2n) is 5.29. The largest absolute Gasteiger partial charge is 0.378 e. The summed E-state index contributed by atoms with van der Waals surface area (Å²) < 4.78 is 5.69. The lowest BCUT2D eigenvalue weighted by Crippen LogP contribution is -2.58. The molecule has 1 aromatic rings. The molecule has 0 radical (unpaired) electrons. The van der Waals surface area contributed by atoms with Gasteiger partial charge < -0.3 is 10.1 Å². The minimum atomic E-state index is 0.0349. The fourth-order valence-electron chi connectivity index (χ4n) is 2.32. The second kappa shape index (κ2) is 5.65. The van der Waals surface area contributed by atoms with Crippen LogP contribution in [0.15, 0.2) is 6.07 Å². The van der Waals surface area contributed by atoms with E-state index in [4.69, 9.17) is 39.5 Å². The summed E-state index contributed by atoms with van der Waals surface area (Å²) in [5.41, 5.74) is 0.0349. The molecule has 2 atom stereocenters. The summed E-state index contributed by atoms with van der Waals surface area (Å²) in [5, 5.41) is 4.42. The molecule has 1 saturated carbocycles. The first kappa shape index (κ1) is 15.2. The Morgan fingerprint density at radius 2 is 2.05 bits per heavy atom. The van der Waals surface area contributed by atoms with Crippen LogP contribution in [-0.4, -0.2) is 23.7 Å². The van der Waals surface area contributed by atoms with Crippen molar-refractivity contribution in [2.45, 2.75) is 39.3 Å². The first-order chi connectivity index (χ1) is 8.86. The number of halogens is 3. The molecule has 0 bridgehead atoms. The van der Waals surface area contributed by atoms with E-state index in [1.807, 2.05) is 6.92 Å². The zero-order valence-electron chi connectivity index (χ0n) is 11.1. The topological polar surface area (TPSA) is 34.1 Å². The van der Waals surface area contributed by atoms with Crippen molar-refractivity contribution in [3.63, 3.8) is 0 Å². The van der Waals surface area contributed by atoms with Crippen LogP contribution in [-0.2, 0) is 4.74 Å². The SMILES string of the molecule is CCOC1CC(Nc2nc(Cl)c(Cl)cc2Cl)C1(C)C. The van der Waals surface area contributed by atoms with Crippen molar-refractivity contribution in [2.75, 3.05) is 11.9 Å². The van der Waals surface area contributed by atoms with Crippen LogP contribution in [0.3, 0.4) is 0 Å². The minimum Gasteiger partial charge on any atom is -0.378 e. The molecule has 0 aliphatic heterocycles. The number of pyridine rings is 1. The molecule has 1 heterocycles. The third-order valence-electron chi connectivity index (χ3n) is 3.74. The third-order valence-corrected chi connectivity index (χ3v) is 4.70. The number of aromatic nitrogens is 1. The number of rotatable bonds is 4. The Hall–Kier alpha value is -0.220. The van der Waals surface area contributed by atoms with Crippen molar-refractivity contribution >= 4 is 40.6 Å². The molecule has 0 saturated heterocycles. The van der Waals surface area contributed by atoms with E-state index >= 15 is 0 Å². The van der Waals surface area contributed by atoms with Crippen molar-refractivity contribution < 1.29 is 4.74 Å². The lowest BCUT2D eigenvalue weighted by molar-refractivity contribution is -0.0976. The van der Waals surface area contributed by atoms with Gasteiger partial charge in [0.05, 0.1) is 16.1 Å². The third kappa shape index (κ3) is 2.94. The average molecular weight is 324 g/mol. The van der Waals surface area contributed by atoms with Gasteiger partial charge in [-0.3, -0.25) is 0 Å². The van der Waals surface area contributed by atoms with E-state index in [0.29, 0.717) is 15.9 Å². The summed E-state index contributed by atoms with van der Waals surface area (Å²) >= 11 is 17.9. The normalized spacial score (nSPS) is 24.9. The van der Waals surface area contributed by atoms with Crippen LogP contribution in [0.25, 0.3) is 0 Å². The quantitative estimate of drug-likeness (QED) is 0.818. The molecule has 3 nitrogen and oxygen atoms in total. The van der Waals surface area contributed by atoms with Crippen LogP contribution in [0.5, 0.6) is 0 Å². The molecule has 1 fully saturated rings. The second-order valence-corrected chi connectivity index (χ2v) is 6.46. The molecule has 2 unspecified atom stereocenters. The van der Waals surface area contributed by atoms with E-state index in [9.17, 15) is 0 Å². The molecule has 0 spiro atoms. The zero-order valence-corrected chi connectivity index (χ0v) is 13.4. The smallest absolute Gasteiger partial charge is 0.150 e. The fourth-order valence-corrected chi connectivity index (χ4v) is 2.88. The van der Waals surface area contributed by atoms with Crippen LogP contribution < -0.4 is 5.32 Å². The zero-order chi connectivity index (χ0) is 14.2. The number of nitrogens with one attached hydrogen (secondary N) is 1. The number of hydrogen-bond donors (Lipinski definition) is 1. The van der Waals surface area contributed by atoms with E-state index in [-0.39, 0.29) is 22.7 Å². The monoisotopic (exact) mass is 322 g/mol. The van der Waals surface area contributed by atoms with E-state index < -0.39 is 0 Å². The van der Waals surface area contributed by atoms with Gasteiger partial charge >= 0.3 is 0 Å². The summed E-state index contributed by atoms with van der Waals surface area (Å²) in [6.07, 6.45) is 1.19. The molecule has 19 heavy (non-hydrogen) atoms. The van der Waals surface area contributed by atoms with Gasteiger partial charge in [-0.1, -0.05) is 48.7 Å². The Kier molecular flexibility index (Phi) is 4.51. The van der Waals surface area contributed by atoms with Gasteiger partial charge in [0.25, 0.3) is 0 Å². The lowest BCUT2D eigenvalue weighted by atomic mass is 9.64. The van der Waals surface area contributed by atoms with Crippen LogP contribution in [0.2, 0.25) is 15.2 Å². The van der Waals surface area contributed by atoms with Crippen molar-refractivity contribution in [3.05, 3.63) is 21.3 Å². The van der Waals surface area contributed by atoms with E-state index in [1.54, 1.807) is 6.07 Å². The molecule has 106 valence electrons. The summed E-state index contributed by atoms with van der Waals surface area (Å²) in [6.45, 7) is 7.07. The van der Waals surface area contributed by atoms with Gasteiger partial charge in [0.15, 0.2) is 0 Å². The molecule has 6 heteroatoms. The van der Waals surface area contributed by atoms with Gasteiger partial charge in [-0.05, 0) is 19.4 Å². The van der Waals surface area contributed by atoms with Crippen LogP contribution >= 0.6 is 34.8 Å². The highest BCUT2D eigenvalue weighted by Gasteiger charge is 2.49. The standard InChI is InChI=1S/C13H17Cl3N2O/c1-4-19-10-6-9(13(10,2)3)17-12-8(15)5-7(14)11(16)18-12/h5,9-10H,4,6H2,1-3H3,(H,17,18). The number of hydrogen-bond acceptors (Lipinski definition) is 3. The Balaban J connectivity index is 2.09. The summed E-state index contributed by atoms with van der Waals surface area (Å²) in [7, 11) is 0. The molecule has 1 N–H and O–H groups in total. The van der Waals surface area contributed by atoms with Crippen molar-refractivity contribution in [1.29, 1.82) is 0 Å². The molecule has 0 amide bonds. The maximum Gasteiger partial charge on any atom is 0.150 e.